The molecular formula is C18H15N5O2. The number of nitrogen functional groups attached to an aromatic ring is 2. The van der Waals surface area contributed by atoms with Crippen molar-refractivity contribution in [3.63, 3.8) is 0 Å². The molecule has 124 valence electrons. The van der Waals surface area contributed by atoms with Gasteiger partial charge in [-0.1, -0.05) is 24.3 Å². The number of carbonyl (C=O) groups is 1. The largest absolute Gasteiger partial charge is 0.481 e. The summed E-state index contributed by atoms with van der Waals surface area (Å²) in [4.78, 5) is 22.4. The monoisotopic (exact) mass is 333 g/mol. The molecule has 6 N–H and O–H groups in total. The quantitative estimate of drug-likeness (QED) is 0.456. The van der Waals surface area contributed by atoms with Gasteiger partial charge in [0.25, 0.3) is 0 Å². The van der Waals surface area contributed by atoms with Crippen molar-refractivity contribution in [3.05, 3.63) is 48.2 Å². The van der Waals surface area contributed by atoms with Crippen LogP contribution >= 0.6 is 0 Å². The minimum atomic E-state index is -0.855. The Labute approximate surface area is 142 Å². The van der Waals surface area contributed by atoms with Gasteiger partial charge in [-0.25, -0.2) is 0 Å². The first-order chi connectivity index (χ1) is 12.0. The predicted molar refractivity (Wildman–Crippen MR) is 97.0 cm³/mol. The summed E-state index contributed by atoms with van der Waals surface area (Å²) in [5.74, 6) is -0.258. The number of rotatable bonds is 3. The van der Waals surface area contributed by atoms with Crippen molar-refractivity contribution in [2.24, 2.45) is 0 Å². The Morgan fingerprint density at radius 3 is 2.64 bits per heavy atom. The Balaban J connectivity index is 1.94. The second-order valence-electron chi connectivity index (χ2n) is 5.83. The molecule has 0 atom stereocenters. The molecule has 0 fully saturated rings. The highest BCUT2D eigenvalue weighted by molar-refractivity contribution is 6.15. The number of nitrogens with one attached hydrogen (secondary N) is 1. The number of nitrogens with zero attached hydrogens (tertiary/aromatic N) is 2. The first-order valence-electron chi connectivity index (χ1n) is 7.66. The van der Waals surface area contributed by atoms with Crippen molar-refractivity contribution in [1.82, 2.24) is 15.0 Å². The van der Waals surface area contributed by atoms with E-state index in [1.807, 2.05) is 24.3 Å². The normalized spacial score (nSPS) is 11.2. The average Bonchev–Trinajstić information content (AvgIpc) is 3.03. The fourth-order valence-corrected chi connectivity index (χ4v) is 3.10. The lowest BCUT2D eigenvalue weighted by Crippen LogP contribution is -2.01. The lowest BCUT2D eigenvalue weighted by atomic mass is 9.98. The van der Waals surface area contributed by atoms with Gasteiger partial charge in [-0.05, 0) is 23.3 Å². The molecule has 7 heteroatoms. The van der Waals surface area contributed by atoms with Gasteiger partial charge >= 0.3 is 5.97 Å². The summed E-state index contributed by atoms with van der Waals surface area (Å²) in [7, 11) is 0. The number of benzene rings is 2. The van der Waals surface area contributed by atoms with Gasteiger partial charge in [-0.15, -0.1) is 0 Å². The highest BCUT2D eigenvalue weighted by Gasteiger charge is 2.14. The van der Waals surface area contributed by atoms with Crippen molar-refractivity contribution in [2.75, 3.05) is 11.5 Å². The molecule has 0 saturated carbocycles. The standard InChI is InChI=1S/C18H15N5O2/c19-17-15-11-5-6-21-16(11)12(8-13(15)22-18(20)23-17)10-3-1-9(2-4-10)7-14(24)25/h1-6,8H,7,19H2,(H,24,25)(H3,20,22,23). The van der Waals surface area contributed by atoms with Crippen molar-refractivity contribution < 1.29 is 9.90 Å². The lowest BCUT2D eigenvalue weighted by Gasteiger charge is -2.10. The van der Waals surface area contributed by atoms with Crippen LogP contribution in [0, 0.1) is 0 Å². The van der Waals surface area contributed by atoms with E-state index in [1.165, 1.54) is 0 Å². The first kappa shape index (κ1) is 14.9. The highest BCUT2D eigenvalue weighted by atomic mass is 16.4. The van der Waals surface area contributed by atoms with Crippen molar-refractivity contribution in [2.45, 2.75) is 6.42 Å². The number of carboxylic acids is 1. The molecule has 2 aromatic carbocycles. The van der Waals surface area contributed by atoms with Crippen LogP contribution in [0.5, 0.6) is 0 Å². The fraction of sp³-hybridized carbons (Fsp3) is 0.0556. The second-order valence-corrected chi connectivity index (χ2v) is 5.83. The average molecular weight is 333 g/mol. The zero-order valence-electron chi connectivity index (χ0n) is 13.2. The number of hydrogen-bond acceptors (Lipinski definition) is 5. The Hall–Kier alpha value is -3.61. The third-order valence-corrected chi connectivity index (χ3v) is 4.16. The minimum absolute atomic E-state index is 0.00540. The van der Waals surface area contributed by atoms with E-state index in [2.05, 4.69) is 15.0 Å². The molecule has 0 unspecified atom stereocenters. The number of anilines is 2. The van der Waals surface area contributed by atoms with E-state index >= 15 is 0 Å². The summed E-state index contributed by atoms with van der Waals surface area (Å²) in [5.41, 5.74) is 16.0. The van der Waals surface area contributed by atoms with Crippen molar-refractivity contribution in [1.29, 1.82) is 0 Å². The fourth-order valence-electron chi connectivity index (χ4n) is 3.10. The number of hydrogen-bond donors (Lipinski definition) is 4. The molecule has 25 heavy (non-hydrogen) atoms. The Kier molecular flexibility index (Phi) is 3.28. The maximum atomic E-state index is 10.8. The number of aromatic amines is 1. The molecule has 0 spiro atoms. The molecule has 0 radical (unpaired) electrons. The zero-order chi connectivity index (χ0) is 17.6. The number of carboxylic acid groups (broad SMARTS) is 1. The number of aromatic nitrogens is 3. The van der Waals surface area contributed by atoms with Gasteiger partial charge in [-0.2, -0.15) is 4.98 Å². The molecule has 0 amide bonds. The Morgan fingerprint density at radius 2 is 1.92 bits per heavy atom. The van der Waals surface area contributed by atoms with Gasteiger partial charge in [0.2, 0.25) is 0 Å². The van der Waals surface area contributed by atoms with Crippen LogP contribution in [0.3, 0.4) is 0 Å². The number of aliphatic carboxylic acids is 1. The van der Waals surface area contributed by atoms with Crippen LogP contribution in [0.15, 0.2) is 42.6 Å². The third-order valence-electron chi connectivity index (χ3n) is 4.16. The smallest absolute Gasteiger partial charge is 0.307 e. The molecule has 4 aromatic rings. The van der Waals surface area contributed by atoms with E-state index in [1.54, 1.807) is 18.3 Å². The van der Waals surface area contributed by atoms with Gasteiger partial charge < -0.3 is 21.6 Å². The number of fused-ring (bicyclic) bond motifs is 3. The molecule has 7 nitrogen and oxygen atoms in total. The zero-order valence-corrected chi connectivity index (χ0v) is 13.2. The second kappa shape index (κ2) is 5.48. The molecule has 2 aromatic heterocycles. The summed E-state index contributed by atoms with van der Waals surface area (Å²) < 4.78 is 0. The summed E-state index contributed by atoms with van der Waals surface area (Å²) in [6.07, 6.45) is 1.72. The Morgan fingerprint density at radius 1 is 1.16 bits per heavy atom. The number of nitrogens with two attached hydrogens (primary N) is 2. The van der Waals surface area contributed by atoms with Crippen molar-refractivity contribution >= 4 is 39.5 Å². The van der Waals surface area contributed by atoms with Crippen LogP contribution in [0.25, 0.3) is 32.9 Å². The van der Waals surface area contributed by atoms with Crippen LogP contribution in [-0.2, 0) is 11.2 Å². The van der Waals surface area contributed by atoms with Gasteiger partial charge in [0.15, 0.2) is 5.95 Å². The highest BCUT2D eigenvalue weighted by Crippen LogP contribution is 2.35. The SMILES string of the molecule is Nc1nc(N)c2c(cc(-c3ccc(CC(=O)O)cc3)c3nccc32)[nH]1. The van der Waals surface area contributed by atoms with Crippen LogP contribution < -0.4 is 11.5 Å². The van der Waals surface area contributed by atoms with E-state index in [4.69, 9.17) is 16.6 Å². The maximum absolute atomic E-state index is 10.8. The van der Waals surface area contributed by atoms with Gasteiger partial charge in [-0.3, -0.25) is 9.78 Å². The van der Waals surface area contributed by atoms with Crippen LogP contribution in [0.1, 0.15) is 5.56 Å². The minimum Gasteiger partial charge on any atom is -0.481 e. The molecule has 0 aliphatic carbocycles. The first-order valence-corrected chi connectivity index (χ1v) is 7.66. The molecule has 4 rings (SSSR count). The van der Waals surface area contributed by atoms with Gasteiger partial charge in [0.05, 0.1) is 17.5 Å². The maximum Gasteiger partial charge on any atom is 0.307 e. The summed E-state index contributed by atoms with van der Waals surface area (Å²) in [6.45, 7) is 0. The molecule has 0 aliphatic heterocycles. The Bertz CT molecular complexity index is 1120. The predicted octanol–water partition coefficient (Wildman–Crippen LogP) is 2.57. The van der Waals surface area contributed by atoms with Crippen LogP contribution in [-0.4, -0.2) is 26.0 Å². The van der Waals surface area contributed by atoms with Crippen LogP contribution in [0.4, 0.5) is 11.8 Å². The van der Waals surface area contributed by atoms with Crippen LogP contribution in [0.2, 0.25) is 0 Å². The molecule has 2 heterocycles. The van der Waals surface area contributed by atoms with E-state index in [-0.39, 0.29) is 12.4 Å². The number of H-pyrrole nitrogens is 1. The third kappa shape index (κ3) is 2.51. The molecule has 0 bridgehead atoms. The summed E-state index contributed by atoms with van der Waals surface area (Å²) in [5, 5.41) is 10.6. The van der Waals surface area contributed by atoms with Gasteiger partial charge in [0, 0.05) is 22.5 Å². The van der Waals surface area contributed by atoms with E-state index in [9.17, 15) is 4.79 Å². The van der Waals surface area contributed by atoms with Crippen molar-refractivity contribution in [3.8, 4) is 11.1 Å². The lowest BCUT2D eigenvalue weighted by molar-refractivity contribution is -0.136. The topological polar surface area (TPSA) is 131 Å². The van der Waals surface area contributed by atoms with Gasteiger partial charge in [0.1, 0.15) is 5.82 Å². The molecule has 0 saturated heterocycles. The van der Waals surface area contributed by atoms with E-state index in [0.717, 1.165) is 38.5 Å². The van der Waals surface area contributed by atoms with E-state index in [0.29, 0.717) is 5.82 Å². The molecular weight excluding hydrogens is 318 g/mol. The molecule has 0 aliphatic rings. The van der Waals surface area contributed by atoms with E-state index < -0.39 is 5.97 Å². The summed E-state index contributed by atoms with van der Waals surface area (Å²) in [6, 6.07) is 11.2. The summed E-state index contributed by atoms with van der Waals surface area (Å²) >= 11 is 0.